The minimum absolute atomic E-state index is 0.0604. The fourth-order valence-corrected chi connectivity index (χ4v) is 3.71. The molecule has 0 fully saturated rings. The molecule has 5 nitrogen and oxygen atoms in total. The predicted octanol–water partition coefficient (Wildman–Crippen LogP) is 2.55. The van der Waals surface area contributed by atoms with E-state index in [-0.39, 0.29) is 28.1 Å². The van der Waals surface area contributed by atoms with Crippen molar-refractivity contribution in [1.82, 2.24) is 0 Å². The zero-order chi connectivity index (χ0) is 13.9. The van der Waals surface area contributed by atoms with Gasteiger partial charge in [0.15, 0.2) is 9.84 Å². The molecule has 1 aromatic rings. The van der Waals surface area contributed by atoms with Crippen molar-refractivity contribution in [1.29, 1.82) is 0 Å². The van der Waals surface area contributed by atoms with E-state index < -0.39 is 14.8 Å². The maximum atomic E-state index is 12.1. The van der Waals surface area contributed by atoms with Crippen molar-refractivity contribution in [2.75, 3.05) is 11.6 Å². The molecule has 0 aliphatic rings. The summed E-state index contributed by atoms with van der Waals surface area (Å²) >= 11 is 5.60. The van der Waals surface area contributed by atoms with Gasteiger partial charge in [0.25, 0.3) is 5.69 Å². The van der Waals surface area contributed by atoms with E-state index in [9.17, 15) is 18.5 Å². The fraction of sp³-hybridized carbons (Fsp3) is 0.455. The minimum atomic E-state index is -3.45. The lowest BCUT2D eigenvalue weighted by Crippen LogP contribution is -2.16. The first-order chi connectivity index (χ1) is 8.27. The highest BCUT2D eigenvalue weighted by Crippen LogP contribution is 2.23. The van der Waals surface area contributed by atoms with E-state index in [1.54, 1.807) is 13.8 Å². The van der Waals surface area contributed by atoms with Crippen LogP contribution in [0.1, 0.15) is 12.5 Å². The number of benzene rings is 1. The molecule has 100 valence electrons. The standard InChI is InChI=1S/C11H14ClNO4S/c1-8(6-12)7-18(16,17)11-4-3-10(13(14)15)5-9(11)2/h3-5,8H,6-7H2,1-2H3. The number of alkyl halides is 1. The summed E-state index contributed by atoms with van der Waals surface area (Å²) in [4.78, 5) is 10.2. The fourth-order valence-electron chi connectivity index (χ4n) is 1.60. The molecule has 0 aliphatic carbocycles. The van der Waals surface area contributed by atoms with E-state index >= 15 is 0 Å². The molecule has 1 aromatic carbocycles. The van der Waals surface area contributed by atoms with E-state index in [1.165, 1.54) is 18.2 Å². The van der Waals surface area contributed by atoms with Crippen LogP contribution in [0.2, 0.25) is 0 Å². The van der Waals surface area contributed by atoms with Crippen LogP contribution in [0.25, 0.3) is 0 Å². The molecule has 1 unspecified atom stereocenters. The van der Waals surface area contributed by atoms with Crippen LogP contribution >= 0.6 is 11.6 Å². The average molecular weight is 292 g/mol. The molecule has 7 heteroatoms. The second-order valence-corrected chi connectivity index (χ2v) is 6.56. The third-order valence-corrected chi connectivity index (χ3v) is 5.13. The lowest BCUT2D eigenvalue weighted by Gasteiger charge is -2.10. The molecule has 0 saturated heterocycles. The topological polar surface area (TPSA) is 77.3 Å². The van der Waals surface area contributed by atoms with Gasteiger partial charge in [-0.3, -0.25) is 10.1 Å². The number of rotatable bonds is 5. The first-order valence-corrected chi connectivity index (χ1v) is 7.50. The van der Waals surface area contributed by atoms with Gasteiger partial charge in [-0.25, -0.2) is 8.42 Å². The maximum absolute atomic E-state index is 12.1. The maximum Gasteiger partial charge on any atom is 0.269 e. The van der Waals surface area contributed by atoms with Crippen molar-refractivity contribution in [2.45, 2.75) is 18.7 Å². The second-order valence-electron chi connectivity index (χ2n) is 4.25. The summed E-state index contributed by atoms with van der Waals surface area (Å²) in [5, 5.41) is 10.6. The van der Waals surface area contributed by atoms with Crippen LogP contribution in [0.15, 0.2) is 23.1 Å². The molecule has 0 spiro atoms. The van der Waals surface area contributed by atoms with Gasteiger partial charge in [0.2, 0.25) is 0 Å². The second kappa shape index (κ2) is 5.67. The Bertz CT molecular complexity index is 556. The quantitative estimate of drug-likeness (QED) is 0.474. The van der Waals surface area contributed by atoms with Gasteiger partial charge >= 0.3 is 0 Å². The minimum Gasteiger partial charge on any atom is -0.258 e. The summed E-state index contributed by atoms with van der Waals surface area (Å²) in [6.07, 6.45) is 0. The molecule has 0 heterocycles. The molecule has 0 radical (unpaired) electrons. The van der Waals surface area contributed by atoms with E-state index in [0.29, 0.717) is 5.56 Å². The van der Waals surface area contributed by atoms with Crippen LogP contribution in [0.5, 0.6) is 0 Å². The molecule has 0 aromatic heterocycles. The summed E-state index contributed by atoms with van der Waals surface area (Å²) in [6, 6.07) is 3.74. The number of nitrogens with zero attached hydrogens (tertiary/aromatic N) is 1. The molecule has 0 amide bonds. The number of non-ortho nitro benzene ring substituents is 1. The van der Waals surface area contributed by atoms with Crippen LogP contribution in [0, 0.1) is 23.0 Å². The first kappa shape index (κ1) is 14.9. The third kappa shape index (κ3) is 3.43. The van der Waals surface area contributed by atoms with Crippen LogP contribution in [0.4, 0.5) is 5.69 Å². The van der Waals surface area contributed by atoms with Crippen molar-refractivity contribution >= 4 is 27.1 Å². The van der Waals surface area contributed by atoms with Gasteiger partial charge in [-0.2, -0.15) is 0 Å². The normalized spacial score (nSPS) is 13.3. The van der Waals surface area contributed by atoms with Gasteiger partial charge in [-0.15, -0.1) is 11.6 Å². The molecule has 1 atom stereocenters. The summed E-state index contributed by atoms with van der Waals surface area (Å²) < 4.78 is 24.1. The largest absolute Gasteiger partial charge is 0.269 e. The zero-order valence-electron chi connectivity index (χ0n) is 10.1. The Morgan fingerprint density at radius 3 is 2.50 bits per heavy atom. The first-order valence-electron chi connectivity index (χ1n) is 5.31. The molecule has 0 bridgehead atoms. The molecule has 0 N–H and O–H groups in total. The Labute approximate surface area is 111 Å². The number of nitro groups is 1. The number of hydrogen-bond donors (Lipinski definition) is 0. The van der Waals surface area contributed by atoms with Crippen LogP contribution in [0.3, 0.4) is 0 Å². The van der Waals surface area contributed by atoms with Gasteiger partial charge in [0.1, 0.15) is 0 Å². The monoisotopic (exact) mass is 291 g/mol. The van der Waals surface area contributed by atoms with Crippen molar-refractivity contribution in [3.8, 4) is 0 Å². The Hall–Kier alpha value is -1.14. The van der Waals surface area contributed by atoms with Gasteiger partial charge in [-0.05, 0) is 24.5 Å². The highest BCUT2D eigenvalue weighted by atomic mass is 35.5. The smallest absolute Gasteiger partial charge is 0.258 e. The van der Waals surface area contributed by atoms with Gasteiger partial charge < -0.3 is 0 Å². The van der Waals surface area contributed by atoms with Crippen LogP contribution in [-0.2, 0) is 9.84 Å². The van der Waals surface area contributed by atoms with Crippen molar-refractivity contribution in [3.05, 3.63) is 33.9 Å². The molecule has 0 saturated carbocycles. The average Bonchev–Trinajstić information content (AvgIpc) is 2.27. The van der Waals surface area contributed by atoms with E-state index in [4.69, 9.17) is 11.6 Å². The van der Waals surface area contributed by atoms with Crippen LogP contribution in [-0.4, -0.2) is 25.0 Å². The van der Waals surface area contributed by atoms with Gasteiger partial charge in [-0.1, -0.05) is 6.92 Å². The highest BCUT2D eigenvalue weighted by Gasteiger charge is 2.21. The number of sulfone groups is 1. The summed E-state index contributed by atoms with van der Waals surface area (Å²) in [6.45, 7) is 3.29. The Morgan fingerprint density at radius 1 is 1.44 bits per heavy atom. The lowest BCUT2D eigenvalue weighted by atomic mass is 10.2. The van der Waals surface area contributed by atoms with Crippen molar-refractivity contribution < 1.29 is 13.3 Å². The number of hydrogen-bond acceptors (Lipinski definition) is 4. The molecule has 18 heavy (non-hydrogen) atoms. The highest BCUT2D eigenvalue weighted by molar-refractivity contribution is 7.91. The number of nitro benzene ring substituents is 1. The van der Waals surface area contributed by atoms with Crippen LogP contribution < -0.4 is 0 Å². The van der Waals surface area contributed by atoms with E-state index in [1.807, 2.05) is 0 Å². The third-order valence-electron chi connectivity index (χ3n) is 2.47. The molecule has 0 aliphatic heterocycles. The Balaban J connectivity index is 3.14. The Morgan fingerprint density at radius 2 is 2.06 bits per heavy atom. The molecular weight excluding hydrogens is 278 g/mol. The Kier molecular flexibility index (Phi) is 4.70. The van der Waals surface area contributed by atoms with E-state index in [2.05, 4.69) is 0 Å². The van der Waals surface area contributed by atoms with Crippen molar-refractivity contribution in [3.63, 3.8) is 0 Å². The number of halogens is 1. The zero-order valence-corrected chi connectivity index (χ0v) is 11.7. The molecule has 1 rings (SSSR count). The SMILES string of the molecule is Cc1cc([N+](=O)[O-])ccc1S(=O)(=O)CC(C)CCl. The molecular formula is C11H14ClNO4S. The van der Waals surface area contributed by atoms with Gasteiger partial charge in [0.05, 0.1) is 15.6 Å². The summed E-state index contributed by atoms with van der Waals surface area (Å²) in [5.74, 6) is 0.0340. The van der Waals surface area contributed by atoms with E-state index in [0.717, 1.165) is 0 Å². The predicted molar refractivity (Wildman–Crippen MR) is 69.8 cm³/mol. The lowest BCUT2D eigenvalue weighted by molar-refractivity contribution is -0.385. The van der Waals surface area contributed by atoms with Gasteiger partial charge in [0, 0.05) is 18.0 Å². The summed E-state index contributed by atoms with van der Waals surface area (Å²) in [7, 11) is -3.45. The number of aryl methyl sites for hydroxylation is 1. The van der Waals surface area contributed by atoms with Crippen molar-refractivity contribution in [2.24, 2.45) is 5.92 Å². The summed E-state index contributed by atoms with van der Waals surface area (Å²) in [5.41, 5.74) is 0.266.